The molecule has 1 nitrogen and oxygen atoms in total. The molecule has 0 aromatic carbocycles. The van der Waals surface area contributed by atoms with Crippen molar-refractivity contribution in [3.8, 4) is 0 Å². The van der Waals surface area contributed by atoms with Crippen molar-refractivity contribution in [2.45, 2.75) is 66.6 Å². The molecule has 0 unspecified atom stereocenters. The summed E-state index contributed by atoms with van der Waals surface area (Å²) in [6, 6.07) is 0. The summed E-state index contributed by atoms with van der Waals surface area (Å²) in [4.78, 5) is 0. The van der Waals surface area contributed by atoms with Gasteiger partial charge in [-0.2, -0.15) is 5.70 Å². The summed E-state index contributed by atoms with van der Waals surface area (Å²) in [7, 11) is -0.744. The number of nitrogens with zero attached hydrogens (tertiary/aromatic N) is 1. The molecule has 0 radical (unpaired) electrons. The molecule has 1 aliphatic rings. The predicted molar refractivity (Wildman–Crippen MR) is 83.4 cm³/mol. The maximum atomic E-state index is 4.94. The first-order valence-corrected chi connectivity index (χ1v) is 9.58. The van der Waals surface area contributed by atoms with Crippen molar-refractivity contribution in [3.05, 3.63) is 27.9 Å². The van der Waals surface area contributed by atoms with Gasteiger partial charge in [0.15, 0.2) is 0 Å². The zero-order valence-corrected chi connectivity index (χ0v) is 16.9. The second-order valence-electron chi connectivity index (χ2n) is 7.37. The third-order valence-corrected chi connectivity index (χ3v) is 4.70. The standard InChI is InChI=1S/C15H28NSi.Zr.2H/c1-14(2,3)13-11(16-15(4,5)6)9-10-12(13)17(7)8;;;/h10,17H,9H2,1-8H3;;;/q-1;;2*-1. The first-order chi connectivity index (χ1) is 7.52. The van der Waals surface area contributed by atoms with Gasteiger partial charge in [-0.25, -0.2) is 0 Å². The third-order valence-electron chi connectivity index (χ3n) is 2.93. The van der Waals surface area contributed by atoms with E-state index in [4.69, 9.17) is 5.32 Å². The molecule has 0 saturated carbocycles. The Labute approximate surface area is 137 Å². The summed E-state index contributed by atoms with van der Waals surface area (Å²) in [6.45, 7) is 18.3. The van der Waals surface area contributed by atoms with Crippen molar-refractivity contribution in [1.82, 2.24) is 0 Å². The maximum Gasteiger partial charge on any atom is 0.0646 e. The van der Waals surface area contributed by atoms with Crippen molar-refractivity contribution in [2.24, 2.45) is 5.41 Å². The van der Waals surface area contributed by atoms with E-state index in [1.165, 1.54) is 11.3 Å². The summed E-state index contributed by atoms with van der Waals surface area (Å²) in [5.41, 5.74) is 3.13. The minimum Gasteiger partial charge on any atom is -1.00 e. The normalized spacial score (nSPS) is 16.8. The fourth-order valence-corrected chi connectivity index (χ4v) is 4.24. The Balaban J connectivity index is -0.000000963. The van der Waals surface area contributed by atoms with Crippen LogP contribution in [0.1, 0.15) is 50.8 Å². The molecule has 106 valence electrons. The third kappa shape index (κ3) is 4.81. The van der Waals surface area contributed by atoms with Crippen molar-refractivity contribution in [2.75, 3.05) is 0 Å². The Morgan fingerprint density at radius 2 is 1.61 bits per heavy atom. The van der Waals surface area contributed by atoms with Crippen molar-refractivity contribution in [3.63, 3.8) is 0 Å². The van der Waals surface area contributed by atoms with Crippen LogP contribution in [0.15, 0.2) is 22.5 Å². The van der Waals surface area contributed by atoms with Gasteiger partial charge in [-0.1, -0.05) is 71.5 Å². The van der Waals surface area contributed by atoms with Crippen LogP contribution in [0.25, 0.3) is 5.32 Å². The van der Waals surface area contributed by atoms with Crippen LogP contribution in [-0.2, 0) is 26.2 Å². The van der Waals surface area contributed by atoms with Crippen molar-refractivity contribution >= 4 is 8.80 Å². The summed E-state index contributed by atoms with van der Waals surface area (Å²) in [5, 5.41) is 6.58. The molecule has 0 heterocycles. The van der Waals surface area contributed by atoms with E-state index in [1.54, 1.807) is 5.20 Å². The van der Waals surface area contributed by atoms with E-state index in [9.17, 15) is 0 Å². The number of rotatable bonds is 2. The van der Waals surface area contributed by atoms with E-state index in [-0.39, 0.29) is 40.0 Å². The predicted octanol–water partition coefficient (Wildman–Crippen LogP) is 5.04. The van der Waals surface area contributed by atoms with E-state index in [1.807, 2.05) is 0 Å². The molecule has 0 spiro atoms. The van der Waals surface area contributed by atoms with E-state index in [0.717, 1.165) is 6.42 Å². The molecule has 0 amide bonds. The molecule has 3 heteroatoms. The molecule has 1 aliphatic carbocycles. The minimum absolute atomic E-state index is 0. The molecule has 0 aliphatic heterocycles. The Kier molecular flexibility index (Phi) is 6.35. The van der Waals surface area contributed by atoms with Gasteiger partial charge in [0.05, 0.1) is 8.80 Å². The molecule has 1 rings (SSSR count). The van der Waals surface area contributed by atoms with E-state index in [2.05, 4.69) is 60.7 Å². The zero-order chi connectivity index (χ0) is 13.4. The van der Waals surface area contributed by atoms with Gasteiger partial charge in [0.2, 0.25) is 0 Å². The van der Waals surface area contributed by atoms with Crippen molar-refractivity contribution in [1.29, 1.82) is 0 Å². The Bertz CT molecular complexity index is 363. The second-order valence-corrected chi connectivity index (χ2v) is 10.3. The largest absolute Gasteiger partial charge is 1.00 e. The Morgan fingerprint density at radius 1 is 1.11 bits per heavy atom. The van der Waals surface area contributed by atoms with Gasteiger partial charge in [-0.3, -0.25) is 0 Å². The van der Waals surface area contributed by atoms with Gasteiger partial charge in [0, 0.05) is 26.2 Å². The molecular weight excluding hydrogens is 313 g/mol. The van der Waals surface area contributed by atoms with Crippen LogP contribution in [0, 0.1) is 5.41 Å². The topological polar surface area (TPSA) is 14.1 Å². The van der Waals surface area contributed by atoms with Crippen LogP contribution in [0.5, 0.6) is 0 Å². The SMILES string of the molecule is C[SiH](C)C1=CCC([N-]C(C)(C)C)=C1C(C)(C)C.[H-].[H-].[Zr]. The molecule has 18 heavy (non-hydrogen) atoms. The molecule has 0 atom stereocenters. The van der Waals surface area contributed by atoms with Crippen LogP contribution in [-0.4, -0.2) is 14.3 Å². The fourth-order valence-electron chi connectivity index (χ4n) is 2.47. The van der Waals surface area contributed by atoms with Crippen LogP contribution < -0.4 is 0 Å². The Hall–Kier alpha value is 0.380. The first kappa shape index (κ1) is 18.4. The van der Waals surface area contributed by atoms with Crippen LogP contribution in [0.4, 0.5) is 0 Å². The average molecular weight is 344 g/mol. The minimum atomic E-state index is -0.744. The summed E-state index contributed by atoms with van der Waals surface area (Å²) >= 11 is 0. The molecule has 0 bridgehead atoms. The van der Waals surface area contributed by atoms with Crippen molar-refractivity contribution < 1.29 is 29.1 Å². The monoisotopic (exact) mass is 342 g/mol. The van der Waals surface area contributed by atoms with Gasteiger partial charge in [-0.15, -0.1) is 5.54 Å². The van der Waals surface area contributed by atoms with E-state index >= 15 is 0 Å². The summed E-state index contributed by atoms with van der Waals surface area (Å²) < 4.78 is 0. The molecular formula is C15H30NSiZr-3. The van der Waals surface area contributed by atoms with E-state index < -0.39 is 8.80 Å². The molecule has 0 saturated heterocycles. The van der Waals surface area contributed by atoms with Gasteiger partial charge in [0.1, 0.15) is 0 Å². The molecule has 0 N–H and O–H groups in total. The smallest absolute Gasteiger partial charge is 0.0646 e. The van der Waals surface area contributed by atoms with Gasteiger partial charge in [0.25, 0.3) is 0 Å². The number of hydrogen-bond donors (Lipinski definition) is 0. The second kappa shape index (κ2) is 6.22. The van der Waals surface area contributed by atoms with Gasteiger partial charge in [-0.05, 0) is 11.8 Å². The summed E-state index contributed by atoms with van der Waals surface area (Å²) in [5.74, 6) is 0. The van der Waals surface area contributed by atoms with E-state index in [0.29, 0.717) is 0 Å². The average Bonchev–Trinajstić information content (AvgIpc) is 2.43. The quantitative estimate of drug-likeness (QED) is 0.624. The van der Waals surface area contributed by atoms with Gasteiger partial charge >= 0.3 is 0 Å². The molecule has 0 aromatic heterocycles. The Morgan fingerprint density at radius 3 is 1.94 bits per heavy atom. The summed E-state index contributed by atoms with van der Waals surface area (Å²) in [6.07, 6.45) is 3.48. The van der Waals surface area contributed by atoms with Gasteiger partial charge < -0.3 is 8.17 Å². The number of allylic oxidation sites excluding steroid dienone is 3. The molecule has 0 fully saturated rings. The first-order valence-electron chi connectivity index (χ1n) is 6.69. The fraction of sp³-hybridized carbons (Fsp3) is 0.733. The van der Waals surface area contributed by atoms with Crippen LogP contribution in [0.3, 0.4) is 0 Å². The molecule has 0 aromatic rings. The zero-order valence-electron chi connectivity index (χ0n) is 15.3. The van der Waals surface area contributed by atoms with Crippen LogP contribution >= 0.6 is 0 Å². The number of hydrogen-bond acceptors (Lipinski definition) is 0. The van der Waals surface area contributed by atoms with Crippen LogP contribution in [0.2, 0.25) is 13.1 Å². The maximum absolute atomic E-state index is 4.94.